The number of nitrogens with one attached hydrogen (secondary N) is 2. The fourth-order valence-corrected chi connectivity index (χ4v) is 2.74. The van der Waals surface area contributed by atoms with Gasteiger partial charge in [-0.2, -0.15) is 0 Å². The Balaban J connectivity index is 1.85. The Hall–Kier alpha value is -2.33. The second kappa shape index (κ2) is 5.58. The van der Waals surface area contributed by atoms with E-state index in [-0.39, 0.29) is 18.0 Å². The van der Waals surface area contributed by atoms with Crippen LogP contribution in [0.1, 0.15) is 30.1 Å². The molecule has 2 aromatic rings. The molecule has 4 nitrogen and oxygen atoms in total. The van der Waals surface area contributed by atoms with E-state index in [4.69, 9.17) is 4.74 Å². The van der Waals surface area contributed by atoms with Crippen LogP contribution in [-0.2, 0) is 4.79 Å². The first-order valence-corrected chi connectivity index (χ1v) is 6.99. The average molecular weight is 282 g/mol. The van der Waals surface area contributed by atoms with E-state index in [2.05, 4.69) is 10.6 Å². The first-order chi connectivity index (χ1) is 10.2. The molecule has 0 fully saturated rings. The Morgan fingerprint density at radius 1 is 1.14 bits per heavy atom. The summed E-state index contributed by atoms with van der Waals surface area (Å²) in [5, 5.41) is 6.28. The lowest BCUT2D eigenvalue weighted by Crippen LogP contribution is -2.30. The quantitative estimate of drug-likeness (QED) is 0.906. The molecule has 0 saturated carbocycles. The van der Waals surface area contributed by atoms with E-state index in [0.717, 1.165) is 22.6 Å². The van der Waals surface area contributed by atoms with E-state index in [1.807, 2.05) is 55.5 Å². The van der Waals surface area contributed by atoms with Gasteiger partial charge in [0.2, 0.25) is 5.91 Å². The zero-order chi connectivity index (χ0) is 14.8. The number of ether oxygens (including phenoxy) is 1. The molecule has 1 heterocycles. The molecule has 1 aliphatic rings. The molecule has 0 spiro atoms. The molecule has 0 aliphatic carbocycles. The summed E-state index contributed by atoms with van der Waals surface area (Å²) < 4.78 is 5.39. The van der Waals surface area contributed by atoms with Gasteiger partial charge in [-0.15, -0.1) is 0 Å². The molecule has 0 radical (unpaired) electrons. The van der Waals surface area contributed by atoms with Crippen LogP contribution in [0.25, 0.3) is 0 Å². The van der Waals surface area contributed by atoms with Gasteiger partial charge in [-0.25, -0.2) is 0 Å². The molecule has 1 amide bonds. The summed E-state index contributed by atoms with van der Waals surface area (Å²) in [6.45, 7) is 2.03. The molecule has 2 aromatic carbocycles. The molecular weight excluding hydrogens is 264 g/mol. The number of benzene rings is 2. The predicted octanol–water partition coefficient (Wildman–Crippen LogP) is 3.04. The van der Waals surface area contributed by atoms with Crippen molar-refractivity contribution in [2.24, 2.45) is 0 Å². The second-order valence-electron chi connectivity index (χ2n) is 5.14. The summed E-state index contributed by atoms with van der Waals surface area (Å²) in [4.78, 5) is 12.1. The highest BCUT2D eigenvalue weighted by molar-refractivity contribution is 6.02. The SMILES string of the molecule is COc1ccccc1C(C)NC1C(=O)Nc2ccccc21. The Kier molecular flexibility index (Phi) is 3.62. The van der Waals surface area contributed by atoms with Gasteiger partial charge in [0.25, 0.3) is 0 Å². The smallest absolute Gasteiger partial charge is 0.246 e. The van der Waals surface area contributed by atoms with Gasteiger partial charge < -0.3 is 10.1 Å². The fraction of sp³-hybridized carbons (Fsp3) is 0.235. The minimum absolute atomic E-state index is 0.00283. The van der Waals surface area contributed by atoms with Gasteiger partial charge in [0.15, 0.2) is 0 Å². The van der Waals surface area contributed by atoms with Crippen LogP contribution in [0.15, 0.2) is 48.5 Å². The zero-order valence-corrected chi connectivity index (χ0v) is 12.1. The molecule has 21 heavy (non-hydrogen) atoms. The van der Waals surface area contributed by atoms with Crippen LogP contribution in [0.5, 0.6) is 5.75 Å². The van der Waals surface area contributed by atoms with Crippen molar-refractivity contribution in [1.82, 2.24) is 5.32 Å². The second-order valence-corrected chi connectivity index (χ2v) is 5.14. The Bertz CT molecular complexity index is 669. The Morgan fingerprint density at radius 2 is 1.86 bits per heavy atom. The molecule has 0 bridgehead atoms. The van der Waals surface area contributed by atoms with Crippen LogP contribution < -0.4 is 15.4 Å². The number of anilines is 1. The lowest BCUT2D eigenvalue weighted by Gasteiger charge is -2.20. The van der Waals surface area contributed by atoms with Crippen molar-refractivity contribution < 1.29 is 9.53 Å². The van der Waals surface area contributed by atoms with Crippen molar-refractivity contribution in [3.05, 3.63) is 59.7 Å². The van der Waals surface area contributed by atoms with Crippen LogP contribution in [0, 0.1) is 0 Å². The monoisotopic (exact) mass is 282 g/mol. The van der Waals surface area contributed by atoms with E-state index in [9.17, 15) is 4.79 Å². The van der Waals surface area contributed by atoms with Gasteiger partial charge in [-0.1, -0.05) is 36.4 Å². The lowest BCUT2D eigenvalue weighted by atomic mass is 10.0. The van der Waals surface area contributed by atoms with E-state index in [1.54, 1.807) is 7.11 Å². The van der Waals surface area contributed by atoms with Gasteiger partial charge in [0.1, 0.15) is 11.8 Å². The number of para-hydroxylation sites is 2. The highest BCUT2D eigenvalue weighted by Gasteiger charge is 2.31. The Morgan fingerprint density at radius 3 is 2.67 bits per heavy atom. The number of carbonyl (C=O) groups excluding carboxylic acids is 1. The van der Waals surface area contributed by atoms with Crippen LogP contribution in [-0.4, -0.2) is 13.0 Å². The van der Waals surface area contributed by atoms with Crippen LogP contribution in [0.2, 0.25) is 0 Å². The average Bonchev–Trinajstić information content (AvgIpc) is 2.83. The molecule has 3 rings (SSSR count). The maximum Gasteiger partial charge on any atom is 0.246 e. The summed E-state index contributed by atoms with van der Waals surface area (Å²) >= 11 is 0. The van der Waals surface area contributed by atoms with Crippen LogP contribution in [0.3, 0.4) is 0 Å². The summed E-state index contributed by atoms with van der Waals surface area (Å²) in [5.41, 5.74) is 2.91. The van der Waals surface area contributed by atoms with Crippen LogP contribution in [0.4, 0.5) is 5.69 Å². The molecular formula is C17H18N2O2. The summed E-state index contributed by atoms with van der Waals surface area (Å²) in [5.74, 6) is 0.808. The predicted molar refractivity (Wildman–Crippen MR) is 82.4 cm³/mol. The van der Waals surface area contributed by atoms with Gasteiger partial charge in [0, 0.05) is 22.9 Å². The van der Waals surface area contributed by atoms with Crippen molar-refractivity contribution in [1.29, 1.82) is 0 Å². The minimum atomic E-state index is -0.332. The topological polar surface area (TPSA) is 50.4 Å². The van der Waals surface area contributed by atoms with Crippen molar-refractivity contribution in [2.45, 2.75) is 19.0 Å². The number of methoxy groups -OCH3 is 1. The number of fused-ring (bicyclic) bond motifs is 1. The van der Waals surface area contributed by atoms with Crippen molar-refractivity contribution in [3.63, 3.8) is 0 Å². The molecule has 2 unspecified atom stereocenters. The third kappa shape index (κ3) is 2.50. The van der Waals surface area contributed by atoms with Gasteiger partial charge >= 0.3 is 0 Å². The highest BCUT2D eigenvalue weighted by Crippen LogP contribution is 2.33. The first-order valence-electron chi connectivity index (χ1n) is 6.99. The maximum absolute atomic E-state index is 12.1. The third-order valence-electron chi connectivity index (χ3n) is 3.81. The van der Waals surface area contributed by atoms with E-state index in [0.29, 0.717) is 0 Å². The summed E-state index contributed by atoms with van der Waals surface area (Å²) in [7, 11) is 1.66. The molecule has 4 heteroatoms. The van der Waals surface area contributed by atoms with E-state index in [1.165, 1.54) is 0 Å². The Labute approximate surface area is 124 Å². The summed E-state index contributed by atoms with van der Waals surface area (Å²) in [6.07, 6.45) is 0. The molecule has 1 aliphatic heterocycles. The van der Waals surface area contributed by atoms with Gasteiger partial charge in [-0.05, 0) is 19.1 Å². The highest BCUT2D eigenvalue weighted by atomic mass is 16.5. The number of hydrogen-bond donors (Lipinski definition) is 2. The maximum atomic E-state index is 12.1. The van der Waals surface area contributed by atoms with Crippen molar-refractivity contribution in [3.8, 4) is 5.75 Å². The van der Waals surface area contributed by atoms with Crippen molar-refractivity contribution >= 4 is 11.6 Å². The largest absolute Gasteiger partial charge is 0.496 e. The fourth-order valence-electron chi connectivity index (χ4n) is 2.74. The molecule has 2 N–H and O–H groups in total. The number of carbonyl (C=O) groups is 1. The molecule has 0 aromatic heterocycles. The number of hydrogen-bond acceptors (Lipinski definition) is 3. The number of amides is 1. The normalized spacial score (nSPS) is 18.0. The standard InChI is InChI=1S/C17H18N2O2/c1-11(12-7-4-6-10-15(12)21-2)18-16-13-8-3-5-9-14(13)19-17(16)20/h3-11,16,18H,1-2H3,(H,19,20). The molecule has 2 atom stereocenters. The minimum Gasteiger partial charge on any atom is -0.496 e. The lowest BCUT2D eigenvalue weighted by molar-refractivity contribution is -0.117. The van der Waals surface area contributed by atoms with Gasteiger partial charge in [-0.3, -0.25) is 10.1 Å². The molecule has 0 saturated heterocycles. The van der Waals surface area contributed by atoms with E-state index >= 15 is 0 Å². The zero-order valence-electron chi connectivity index (χ0n) is 12.1. The molecule has 108 valence electrons. The summed E-state index contributed by atoms with van der Waals surface area (Å²) in [6, 6.07) is 15.3. The third-order valence-corrected chi connectivity index (χ3v) is 3.81. The number of rotatable bonds is 4. The van der Waals surface area contributed by atoms with Crippen LogP contribution >= 0.6 is 0 Å². The van der Waals surface area contributed by atoms with Gasteiger partial charge in [0.05, 0.1) is 7.11 Å². The van der Waals surface area contributed by atoms with Crippen molar-refractivity contribution in [2.75, 3.05) is 12.4 Å². The van der Waals surface area contributed by atoms with E-state index < -0.39 is 0 Å². The first kappa shape index (κ1) is 13.6.